The molecule has 0 spiro atoms. The van der Waals surface area contributed by atoms with Gasteiger partial charge in [-0.25, -0.2) is 0 Å². The largest absolute Gasteiger partial charge is 0.373 e. The number of ether oxygens (including phenoxy) is 2. The van der Waals surface area contributed by atoms with Crippen LogP contribution >= 0.6 is 0 Å². The van der Waals surface area contributed by atoms with Crippen LogP contribution in [0.2, 0.25) is 0 Å². The SMILES string of the molecule is CC1CO1.CCCC1CO1. The first-order chi connectivity index (χ1) is 4.83. The molecular formula is C8H16O2. The van der Waals surface area contributed by atoms with Gasteiger partial charge in [-0.05, 0) is 13.3 Å². The van der Waals surface area contributed by atoms with E-state index in [1.807, 2.05) is 0 Å². The number of hydrogen-bond donors (Lipinski definition) is 0. The van der Waals surface area contributed by atoms with Gasteiger partial charge in [0.25, 0.3) is 0 Å². The highest BCUT2D eigenvalue weighted by Crippen LogP contribution is 2.14. The maximum absolute atomic E-state index is 4.95. The Morgan fingerprint density at radius 1 is 1.30 bits per heavy atom. The summed E-state index contributed by atoms with van der Waals surface area (Å²) in [4.78, 5) is 0. The molecule has 0 aromatic heterocycles. The van der Waals surface area contributed by atoms with Gasteiger partial charge in [0.15, 0.2) is 0 Å². The van der Waals surface area contributed by atoms with Crippen LogP contribution in [0.15, 0.2) is 0 Å². The highest BCUT2D eigenvalue weighted by atomic mass is 16.6. The van der Waals surface area contributed by atoms with Gasteiger partial charge in [-0.2, -0.15) is 0 Å². The molecule has 0 radical (unpaired) electrons. The van der Waals surface area contributed by atoms with Gasteiger partial charge in [-0.15, -0.1) is 0 Å². The average molecular weight is 144 g/mol. The summed E-state index contributed by atoms with van der Waals surface area (Å²) in [5.41, 5.74) is 0. The number of rotatable bonds is 2. The van der Waals surface area contributed by atoms with Crippen molar-refractivity contribution < 1.29 is 9.47 Å². The fourth-order valence-electron chi connectivity index (χ4n) is 0.653. The molecule has 2 nitrogen and oxygen atoms in total. The third-order valence-corrected chi connectivity index (χ3v) is 1.51. The topological polar surface area (TPSA) is 25.1 Å². The van der Waals surface area contributed by atoms with Crippen LogP contribution < -0.4 is 0 Å². The quantitative estimate of drug-likeness (QED) is 0.550. The molecule has 0 aliphatic carbocycles. The Hall–Kier alpha value is -0.0800. The smallest absolute Gasteiger partial charge is 0.0809 e. The first-order valence-electron chi connectivity index (χ1n) is 4.06. The molecule has 2 aliphatic heterocycles. The first-order valence-corrected chi connectivity index (χ1v) is 4.06. The summed E-state index contributed by atoms with van der Waals surface area (Å²) < 4.78 is 9.66. The molecular weight excluding hydrogens is 128 g/mol. The Labute approximate surface area is 62.5 Å². The van der Waals surface area contributed by atoms with Crippen LogP contribution in [0.5, 0.6) is 0 Å². The van der Waals surface area contributed by atoms with Crippen LogP contribution in [-0.4, -0.2) is 25.4 Å². The summed E-state index contributed by atoms with van der Waals surface area (Å²) in [5.74, 6) is 0. The molecule has 2 rings (SSSR count). The van der Waals surface area contributed by atoms with Crippen molar-refractivity contribution >= 4 is 0 Å². The Morgan fingerprint density at radius 3 is 1.90 bits per heavy atom. The van der Waals surface area contributed by atoms with Crippen molar-refractivity contribution in [2.45, 2.75) is 38.9 Å². The molecule has 0 amide bonds. The first kappa shape index (κ1) is 8.02. The Bertz CT molecular complexity index is 85.3. The van der Waals surface area contributed by atoms with Crippen molar-refractivity contribution in [1.82, 2.24) is 0 Å². The van der Waals surface area contributed by atoms with Crippen LogP contribution in [0.4, 0.5) is 0 Å². The van der Waals surface area contributed by atoms with Crippen LogP contribution in [0.3, 0.4) is 0 Å². The van der Waals surface area contributed by atoms with Gasteiger partial charge in [0.1, 0.15) is 0 Å². The third kappa shape index (κ3) is 4.77. The molecule has 2 unspecified atom stereocenters. The van der Waals surface area contributed by atoms with Crippen LogP contribution in [-0.2, 0) is 9.47 Å². The zero-order chi connectivity index (χ0) is 7.40. The van der Waals surface area contributed by atoms with E-state index in [4.69, 9.17) is 9.47 Å². The van der Waals surface area contributed by atoms with Gasteiger partial charge in [-0.1, -0.05) is 13.3 Å². The summed E-state index contributed by atoms with van der Waals surface area (Å²) in [6.07, 6.45) is 3.76. The highest BCUT2D eigenvalue weighted by Gasteiger charge is 2.19. The fraction of sp³-hybridized carbons (Fsp3) is 1.00. The van der Waals surface area contributed by atoms with Gasteiger partial charge in [0, 0.05) is 0 Å². The molecule has 0 aromatic carbocycles. The lowest BCUT2D eigenvalue weighted by molar-refractivity contribution is 0.395. The maximum Gasteiger partial charge on any atom is 0.0809 e. The van der Waals surface area contributed by atoms with Crippen molar-refractivity contribution in [1.29, 1.82) is 0 Å². The van der Waals surface area contributed by atoms with Crippen molar-refractivity contribution in [2.75, 3.05) is 13.2 Å². The van der Waals surface area contributed by atoms with E-state index < -0.39 is 0 Å². The summed E-state index contributed by atoms with van der Waals surface area (Å²) in [5, 5.41) is 0. The lowest BCUT2D eigenvalue weighted by Gasteiger charge is -1.79. The average Bonchev–Trinajstić information content (AvgIpc) is 2.68. The molecule has 10 heavy (non-hydrogen) atoms. The highest BCUT2D eigenvalue weighted by molar-refractivity contribution is 4.66. The van der Waals surface area contributed by atoms with Gasteiger partial charge in [0.2, 0.25) is 0 Å². The van der Waals surface area contributed by atoms with E-state index in [1.165, 1.54) is 12.8 Å². The molecule has 2 fully saturated rings. The summed E-state index contributed by atoms with van der Waals surface area (Å²) in [6.45, 7) is 6.25. The molecule has 2 saturated heterocycles. The molecule has 0 saturated carbocycles. The van der Waals surface area contributed by atoms with E-state index in [1.54, 1.807) is 0 Å². The summed E-state index contributed by atoms with van der Waals surface area (Å²) in [7, 11) is 0. The summed E-state index contributed by atoms with van der Waals surface area (Å²) in [6, 6.07) is 0. The van der Waals surface area contributed by atoms with Gasteiger partial charge >= 0.3 is 0 Å². The standard InChI is InChI=1S/C5H10O.C3H6O/c1-2-3-5-4-6-5;1-3-2-4-3/h5H,2-4H2,1H3;3H,2H2,1H3. The van der Waals surface area contributed by atoms with E-state index >= 15 is 0 Å². The monoisotopic (exact) mass is 144 g/mol. The van der Waals surface area contributed by atoms with E-state index in [2.05, 4.69) is 13.8 Å². The molecule has 60 valence electrons. The molecule has 0 bridgehead atoms. The lowest BCUT2D eigenvalue weighted by atomic mass is 10.3. The molecule has 0 aromatic rings. The zero-order valence-electron chi connectivity index (χ0n) is 6.80. The van der Waals surface area contributed by atoms with Crippen LogP contribution in [0.25, 0.3) is 0 Å². The second-order valence-electron chi connectivity index (χ2n) is 2.89. The molecule has 2 aliphatic rings. The number of hydrogen-bond acceptors (Lipinski definition) is 2. The second kappa shape index (κ2) is 3.94. The molecule has 2 heteroatoms. The predicted molar refractivity (Wildman–Crippen MR) is 40.1 cm³/mol. The minimum Gasteiger partial charge on any atom is -0.373 e. The predicted octanol–water partition coefficient (Wildman–Crippen LogP) is 1.59. The van der Waals surface area contributed by atoms with Gasteiger partial charge < -0.3 is 9.47 Å². The van der Waals surface area contributed by atoms with E-state index in [9.17, 15) is 0 Å². The van der Waals surface area contributed by atoms with Crippen molar-refractivity contribution in [3.05, 3.63) is 0 Å². The molecule has 2 heterocycles. The van der Waals surface area contributed by atoms with Crippen molar-refractivity contribution in [3.8, 4) is 0 Å². The fourth-order valence-corrected chi connectivity index (χ4v) is 0.653. The molecule has 0 N–H and O–H groups in total. The van der Waals surface area contributed by atoms with Crippen molar-refractivity contribution in [3.63, 3.8) is 0 Å². The van der Waals surface area contributed by atoms with Crippen LogP contribution in [0, 0.1) is 0 Å². The Morgan fingerprint density at radius 2 is 1.80 bits per heavy atom. The second-order valence-corrected chi connectivity index (χ2v) is 2.89. The Kier molecular flexibility index (Phi) is 3.16. The van der Waals surface area contributed by atoms with E-state index in [0.29, 0.717) is 12.2 Å². The van der Waals surface area contributed by atoms with Crippen molar-refractivity contribution in [2.24, 2.45) is 0 Å². The minimum absolute atomic E-state index is 0.583. The van der Waals surface area contributed by atoms with Gasteiger partial charge in [0.05, 0.1) is 25.4 Å². The van der Waals surface area contributed by atoms with E-state index in [0.717, 1.165) is 13.2 Å². The minimum atomic E-state index is 0.583. The van der Waals surface area contributed by atoms with E-state index in [-0.39, 0.29) is 0 Å². The summed E-state index contributed by atoms with van der Waals surface area (Å²) >= 11 is 0. The number of epoxide rings is 2. The zero-order valence-corrected chi connectivity index (χ0v) is 6.80. The van der Waals surface area contributed by atoms with Crippen LogP contribution in [0.1, 0.15) is 26.7 Å². The van der Waals surface area contributed by atoms with Gasteiger partial charge in [-0.3, -0.25) is 0 Å². The third-order valence-electron chi connectivity index (χ3n) is 1.51. The maximum atomic E-state index is 4.95. The normalized spacial score (nSPS) is 34.2. The Balaban J connectivity index is 0.000000108. The molecule has 2 atom stereocenters. The lowest BCUT2D eigenvalue weighted by Crippen LogP contribution is -1.78.